The number of nitrogens with two attached hydrogens (primary N) is 1. The molecule has 0 saturated heterocycles. The number of nitrogen functional groups attached to an aromatic ring is 1. The molecule has 2 aromatic carbocycles. The molecule has 0 aliphatic carbocycles. The molecule has 0 unspecified atom stereocenters. The maximum Gasteiger partial charge on any atom is 0.261 e. The van der Waals surface area contributed by atoms with E-state index in [2.05, 4.69) is 20.7 Å². The first kappa shape index (κ1) is 13.9. The number of hydrogen-bond donors (Lipinski definition) is 2. The summed E-state index contributed by atoms with van der Waals surface area (Å²) in [6, 6.07) is 11.6. The standard InChI is InChI=1S/C13H13BrN2O2S/c1-9-2-5-11(6-3-9)19(17,18)16-13-8-10(15)4-7-12(13)14/h2-8,16H,15H2,1H3. The minimum absolute atomic E-state index is 0.215. The number of halogens is 1. The number of rotatable bonds is 3. The van der Waals surface area contributed by atoms with E-state index in [1.165, 1.54) is 0 Å². The Morgan fingerprint density at radius 2 is 1.74 bits per heavy atom. The van der Waals surface area contributed by atoms with Gasteiger partial charge < -0.3 is 5.73 Å². The molecule has 0 fully saturated rings. The summed E-state index contributed by atoms with van der Waals surface area (Å²) in [4.78, 5) is 0.215. The fraction of sp³-hybridized carbons (Fsp3) is 0.0769. The fourth-order valence-electron chi connectivity index (χ4n) is 1.54. The molecule has 0 heterocycles. The average molecular weight is 341 g/mol. The van der Waals surface area contributed by atoms with Gasteiger partial charge in [0.25, 0.3) is 10.0 Å². The van der Waals surface area contributed by atoms with Gasteiger partial charge in [0.05, 0.1) is 10.6 Å². The molecule has 19 heavy (non-hydrogen) atoms. The summed E-state index contributed by atoms with van der Waals surface area (Å²) in [7, 11) is -3.60. The molecule has 0 atom stereocenters. The van der Waals surface area contributed by atoms with Crippen LogP contribution in [-0.2, 0) is 10.0 Å². The summed E-state index contributed by atoms with van der Waals surface area (Å²) in [5.41, 5.74) is 7.56. The van der Waals surface area contributed by atoms with Gasteiger partial charge in [0.15, 0.2) is 0 Å². The largest absolute Gasteiger partial charge is 0.399 e. The molecule has 3 N–H and O–H groups in total. The molecule has 2 aromatic rings. The molecule has 0 aliphatic heterocycles. The van der Waals surface area contributed by atoms with E-state index in [1.807, 2.05) is 6.92 Å². The zero-order valence-corrected chi connectivity index (χ0v) is 12.6. The van der Waals surface area contributed by atoms with Crippen molar-refractivity contribution in [1.29, 1.82) is 0 Å². The normalized spacial score (nSPS) is 11.3. The van der Waals surface area contributed by atoms with Gasteiger partial charge in [-0.05, 0) is 53.2 Å². The third-order valence-corrected chi connectivity index (χ3v) is 4.64. The van der Waals surface area contributed by atoms with Gasteiger partial charge in [0, 0.05) is 10.2 Å². The van der Waals surface area contributed by atoms with Crippen molar-refractivity contribution < 1.29 is 8.42 Å². The number of hydrogen-bond acceptors (Lipinski definition) is 3. The lowest BCUT2D eigenvalue weighted by Gasteiger charge is -2.10. The van der Waals surface area contributed by atoms with E-state index >= 15 is 0 Å². The van der Waals surface area contributed by atoms with Crippen LogP contribution in [0.4, 0.5) is 11.4 Å². The zero-order valence-electron chi connectivity index (χ0n) is 10.2. The molecule has 0 aliphatic rings. The highest BCUT2D eigenvalue weighted by Gasteiger charge is 2.15. The van der Waals surface area contributed by atoms with E-state index in [9.17, 15) is 8.42 Å². The van der Waals surface area contributed by atoms with Crippen LogP contribution in [0.5, 0.6) is 0 Å². The van der Waals surface area contributed by atoms with Crippen molar-refractivity contribution in [3.63, 3.8) is 0 Å². The summed E-state index contributed by atoms with van der Waals surface area (Å²) in [5.74, 6) is 0. The number of anilines is 2. The molecule has 0 radical (unpaired) electrons. The Morgan fingerprint density at radius 1 is 1.11 bits per heavy atom. The average Bonchev–Trinajstić information content (AvgIpc) is 2.34. The highest BCUT2D eigenvalue weighted by atomic mass is 79.9. The van der Waals surface area contributed by atoms with E-state index in [-0.39, 0.29) is 4.90 Å². The predicted octanol–water partition coefficient (Wildman–Crippen LogP) is 3.14. The van der Waals surface area contributed by atoms with Gasteiger partial charge in [-0.3, -0.25) is 4.72 Å². The number of benzene rings is 2. The SMILES string of the molecule is Cc1ccc(S(=O)(=O)Nc2cc(N)ccc2Br)cc1. The van der Waals surface area contributed by atoms with Gasteiger partial charge in [-0.25, -0.2) is 8.42 Å². The molecule has 0 amide bonds. The lowest BCUT2D eigenvalue weighted by molar-refractivity contribution is 0.601. The van der Waals surface area contributed by atoms with Crippen LogP contribution >= 0.6 is 15.9 Å². The van der Waals surface area contributed by atoms with Crippen molar-refractivity contribution in [3.05, 3.63) is 52.5 Å². The smallest absolute Gasteiger partial charge is 0.261 e. The molecule has 0 bridgehead atoms. The monoisotopic (exact) mass is 340 g/mol. The Morgan fingerprint density at radius 3 is 2.37 bits per heavy atom. The van der Waals surface area contributed by atoms with E-state index in [1.54, 1.807) is 42.5 Å². The quantitative estimate of drug-likeness (QED) is 0.843. The van der Waals surface area contributed by atoms with Crippen molar-refractivity contribution in [3.8, 4) is 0 Å². The molecule has 2 rings (SSSR count). The van der Waals surface area contributed by atoms with Crippen LogP contribution in [0.15, 0.2) is 51.8 Å². The Hall–Kier alpha value is -1.53. The highest BCUT2D eigenvalue weighted by molar-refractivity contribution is 9.10. The van der Waals surface area contributed by atoms with Crippen LogP contribution in [0.25, 0.3) is 0 Å². The van der Waals surface area contributed by atoms with Gasteiger partial charge in [-0.15, -0.1) is 0 Å². The van der Waals surface area contributed by atoms with E-state index in [4.69, 9.17) is 5.73 Å². The summed E-state index contributed by atoms with van der Waals surface area (Å²) in [6.07, 6.45) is 0. The Labute approximate surface area is 120 Å². The summed E-state index contributed by atoms with van der Waals surface area (Å²) >= 11 is 3.28. The Balaban J connectivity index is 2.36. The lowest BCUT2D eigenvalue weighted by atomic mass is 10.2. The van der Waals surface area contributed by atoms with Gasteiger partial charge in [0.2, 0.25) is 0 Å². The van der Waals surface area contributed by atoms with Crippen molar-refractivity contribution >= 4 is 37.3 Å². The number of aryl methyl sites for hydroxylation is 1. The second-order valence-corrected chi connectivity index (χ2v) is 6.69. The van der Waals surface area contributed by atoms with Crippen molar-refractivity contribution in [2.75, 3.05) is 10.5 Å². The van der Waals surface area contributed by atoms with Crippen LogP contribution in [0.2, 0.25) is 0 Å². The predicted molar refractivity (Wildman–Crippen MR) is 80.5 cm³/mol. The Kier molecular flexibility index (Phi) is 3.82. The summed E-state index contributed by atoms with van der Waals surface area (Å²) in [5, 5.41) is 0. The van der Waals surface area contributed by atoms with Crippen LogP contribution in [-0.4, -0.2) is 8.42 Å². The third kappa shape index (κ3) is 3.27. The molecule has 100 valence electrons. The van der Waals surface area contributed by atoms with Gasteiger partial charge >= 0.3 is 0 Å². The van der Waals surface area contributed by atoms with Crippen molar-refractivity contribution in [1.82, 2.24) is 0 Å². The minimum atomic E-state index is -3.60. The first-order chi connectivity index (χ1) is 8.88. The second-order valence-electron chi connectivity index (χ2n) is 4.16. The zero-order chi connectivity index (χ0) is 14.0. The minimum Gasteiger partial charge on any atom is -0.399 e. The Bertz CT molecular complexity index is 697. The second kappa shape index (κ2) is 5.22. The van der Waals surface area contributed by atoms with E-state index < -0.39 is 10.0 Å². The maximum absolute atomic E-state index is 12.2. The van der Waals surface area contributed by atoms with Crippen molar-refractivity contribution in [2.24, 2.45) is 0 Å². The third-order valence-electron chi connectivity index (χ3n) is 2.57. The van der Waals surface area contributed by atoms with E-state index in [0.29, 0.717) is 15.8 Å². The first-order valence-corrected chi connectivity index (χ1v) is 7.80. The molecular weight excluding hydrogens is 328 g/mol. The molecule has 4 nitrogen and oxygen atoms in total. The first-order valence-electron chi connectivity index (χ1n) is 5.53. The number of sulfonamides is 1. The molecule has 0 saturated carbocycles. The topological polar surface area (TPSA) is 72.2 Å². The fourth-order valence-corrected chi connectivity index (χ4v) is 3.09. The lowest BCUT2D eigenvalue weighted by Crippen LogP contribution is -2.13. The molecular formula is C13H13BrN2O2S. The summed E-state index contributed by atoms with van der Waals surface area (Å²) in [6.45, 7) is 1.90. The van der Waals surface area contributed by atoms with Gasteiger partial charge in [0.1, 0.15) is 0 Å². The number of nitrogens with one attached hydrogen (secondary N) is 1. The maximum atomic E-state index is 12.2. The van der Waals surface area contributed by atoms with Crippen LogP contribution in [0, 0.1) is 6.92 Å². The van der Waals surface area contributed by atoms with E-state index in [0.717, 1.165) is 5.56 Å². The highest BCUT2D eigenvalue weighted by Crippen LogP contribution is 2.27. The molecule has 0 spiro atoms. The van der Waals surface area contributed by atoms with Gasteiger partial charge in [-0.2, -0.15) is 0 Å². The van der Waals surface area contributed by atoms with Gasteiger partial charge in [-0.1, -0.05) is 17.7 Å². The van der Waals surface area contributed by atoms with Crippen LogP contribution in [0.1, 0.15) is 5.56 Å². The van der Waals surface area contributed by atoms with Crippen LogP contribution in [0.3, 0.4) is 0 Å². The molecule has 0 aromatic heterocycles. The van der Waals surface area contributed by atoms with Crippen molar-refractivity contribution in [2.45, 2.75) is 11.8 Å². The summed E-state index contributed by atoms with van der Waals surface area (Å²) < 4.78 is 27.6. The van der Waals surface area contributed by atoms with Crippen LogP contribution < -0.4 is 10.5 Å². The molecule has 6 heteroatoms.